The van der Waals surface area contributed by atoms with Crippen molar-refractivity contribution < 1.29 is 19.5 Å². The van der Waals surface area contributed by atoms with E-state index in [2.05, 4.69) is 5.32 Å². The van der Waals surface area contributed by atoms with Crippen LogP contribution < -0.4 is 11.1 Å². The summed E-state index contributed by atoms with van der Waals surface area (Å²) in [7, 11) is 0. The first-order chi connectivity index (χ1) is 9.29. The molecule has 0 aromatic heterocycles. The summed E-state index contributed by atoms with van der Waals surface area (Å²) in [6.07, 6.45) is -0.0125. The van der Waals surface area contributed by atoms with Gasteiger partial charge in [-0.25, -0.2) is 0 Å². The van der Waals surface area contributed by atoms with Crippen molar-refractivity contribution in [3.8, 4) is 0 Å². The molecule has 4 N–H and O–H groups in total. The number of carbonyl (C=O) groups is 3. The zero-order valence-electron chi connectivity index (χ0n) is 10.9. The number of hydrogen-bond acceptors (Lipinski definition) is 3. The topological polar surface area (TPSA) is 109 Å². The third-order valence-corrected chi connectivity index (χ3v) is 2.90. The van der Waals surface area contributed by atoms with Gasteiger partial charge in [-0.15, -0.1) is 0 Å². The Morgan fingerprint density at radius 3 is 2.55 bits per heavy atom. The second-order valence-corrected chi connectivity index (χ2v) is 4.92. The molecule has 0 spiro atoms. The van der Waals surface area contributed by atoms with Gasteiger partial charge in [0.25, 0.3) is 0 Å². The van der Waals surface area contributed by atoms with E-state index in [-0.39, 0.29) is 35.3 Å². The maximum atomic E-state index is 11.7. The number of nitrogens with two attached hydrogens (primary N) is 1. The Kier molecular flexibility index (Phi) is 5.52. The monoisotopic (exact) mass is 298 g/mol. The van der Waals surface area contributed by atoms with Crippen LogP contribution in [0.25, 0.3) is 0 Å². The van der Waals surface area contributed by atoms with Gasteiger partial charge in [-0.1, -0.05) is 18.5 Å². The van der Waals surface area contributed by atoms with Crippen molar-refractivity contribution in [1.82, 2.24) is 0 Å². The van der Waals surface area contributed by atoms with Crippen LogP contribution in [-0.2, 0) is 9.59 Å². The largest absolute Gasteiger partial charge is 0.481 e. The summed E-state index contributed by atoms with van der Waals surface area (Å²) >= 11 is 5.79. The van der Waals surface area contributed by atoms with Gasteiger partial charge in [0.2, 0.25) is 11.8 Å². The Hall–Kier alpha value is -2.08. The molecule has 1 rings (SSSR count). The molecule has 0 saturated heterocycles. The van der Waals surface area contributed by atoms with Crippen LogP contribution in [0.1, 0.15) is 30.1 Å². The predicted molar refractivity (Wildman–Crippen MR) is 74.6 cm³/mol. The number of halogens is 1. The van der Waals surface area contributed by atoms with Crippen molar-refractivity contribution in [2.45, 2.75) is 19.8 Å². The van der Waals surface area contributed by atoms with Gasteiger partial charge in [0.1, 0.15) is 0 Å². The first-order valence-corrected chi connectivity index (χ1v) is 6.28. The number of benzene rings is 1. The molecule has 1 aromatic rings. The summed E-state index contributed by atoms with van der Waals surface area (Å²) in [5.41, 5.74) is 5.65. The van der Waals surface area contributed by atoms with Gasteiger partial charge in [0.15, 0.2) is 0 Å². The lowest BCUT2D eigenvalue weighted by Gasteiger charge is -2.10. The Bertz CT molecular complexity index is 545. The Balaban J connectivity index is 2.69. The van der Waals surface area contributed by atoms with Gasteiger partial charge < -0.3 is 16.2 Å². The average Bonchev–Trinajstić information content (AvgIpc) is 2.29. The molecular formula is C13H15ClN2O4. The lowest BCUT2D eigenvalue weighted by molar-refractivity contribution is -0.138. The van der Waals surface area contributed by atoms with Crippen molar-refractivity contribution in [3.05, 3.63) is 28.8 Å². The van der Waals surface area contributed by atoms with E-state index in [1.54, 1.807) is 6.92 Å². The van der Waals surface area contributed by atoms with Gasteiger partial charge in [-0.05, 0) is 24.1 Å². The summed E-state index contributed by atoms with van der Waals surface area (Å²) in [5, 5.41) is 11.4. The summed E-state index contributed by atoms with van der Waals surface area (Å²) in [6.45, 7) is 1.67. The number of amides is 2. The van der Waals surface area contributed by atoms with E-state index in [9.17, 15) is 14.4 Å². The Morgan fingerprint density at radius 1 is 1.35 bits per heavy atom. The maximum Gasteiger partial charge on any atom is 0.303 e. The number of aliphatic carboxylic acids is 1. The molecule has 7 heteroatoms. The van der Waals surface area contributed by atoms with Crippen molar-refractivity contribution in [1.29, 1.82) is 0 Å². The van der Waals surface area contributed by atoms with Gasteiger partial charge in [0, 0.05) is 18.5 Å². The highest BCUT2D eigenvalue weighted by Crippen LogP contribution is 2.20. The van der Waals surface area contributed by atoms with Crippen LogP contribution >= 0.6 is 11.6 Å². The molecule has 2 amide bonds. The van der Waals surface area contributed by atoms with Gasteiger partial charge >= 0.3 is 5.97 Å². The Labute approximate surface area is 120 Å². The molecule has 1 unspecified atom stereocenters. The van der Waals surface area contributed by atoms with Crippen LogP contribution in [0.4, 0.5) is 5.69 Å². The zero-order valence-corrected chi connectivity index (χ0v) is 11.6. The number of primary amides is 1. The number of nitrogens with one attached hydrogen (secondary N) is 1. The van der Waals surface area contributed by atoms with Gasteiger partial charge in [-0.2, -0.15) is 0 Å². The van der Waals surface area contributed by atoms with Crippen molar-refractivity contribution in [2.75, 3.05) is 5.32 Å². The number of hydrogen-bond donors (Lipinski definition) is 3. The van der Waals surface area contributed by atoms with Crippen molar-refractivity contribution >= 4 is 35.1 Å². The Morgan fingerprint density at radius 2 is 2.00 bits per heavy atom. The van der Waals surface area contributed by atoms with E-state index in [1.807, 2.05) is 0 Å². The number of anilines is 1. The van der Waals surface area contributed by atoms with E-state index in [1.165, 1.54) is 18.2 Å². The number of carboxylic acids is 1. The molecule has 0 heterocycles. The minimum Gasteiger partial charge on any atom is -0.481 e. The zero-order chi connectivity index (χ0) is 15.3. The molecule has 20 heavy (non-hydrogen) atoms. The van der Waals surface area contributed by atoms with Crippen LogP contribution in [0, 0.1) is 5.92 Å². The number of carboxylic acid groups (broad SMARTS) is 1. The third-order valence-electron chi connectivity index (χ3n) is 2.57. The maximum absolute atomic E-state index is 11.7. The van der Waals surface area contributed by atoms with E-state index < -0.39 is 11.9 Å². The fraction of sp³-hybridized carbons (Fsp3) is 0.308. The number of rotatable bonds is 6. The molecule has 0 aliphatic carbocycles. The van der Waals surface area contributed by atoms with Gasteiger partial charge in [-0.3, -0.25) is 14.4 Å². The highest BCUT2D eigenvalue weighted by Gasteiger charge is 2.14. The van der Waals surface area contributed by atoms with E-state index in [4.69, 9.17) is 22.4 Å². The summed E-state index contributed by atoms with van der Waals surface area (Å²) in [4.78, 5) is 33.3. The van der Waals surface area contributed by atoms with Crippen LogP contribution in [0.15, 0.2) is 18.2 Å². The minimum absolute atomic E-state index is 0.0703. The first kappa shape index (κ1) is 16.0. The molecule has 0 radical (unpaired) electrons. The molecule has 108 valence electrons. The molecule has 0 aliphatic heterocycles. The highest BCUT2D eigenvalue weighted by atomic mass is 35.5. The molecular weight excluding hydrogens is 284 g/mol. The van der Waals surface area contributed by atoms with E-state index >= 15 is 0 Å². The normalized spacial score (nSPS) is 11.7. The molecule has 0 bridgehead atoms. The number of carbonyl (C=O) groups excluding carboxylic acids is 2. The molecule has 0 fully saturated rings. The summed E-state index contributed by atoms with van der Waals surface area (Å²) in [5.74, 6) is -2.26. The lowest BCUT2D eigenvalue weighted by Crippen LogP contribution is -2.18. The standard InChI is InChI=1S/C13H15ClN2O4/c1-7(5-12(18)19)4-11(17)16-8-2-3-10(14)9(6-8)13(15)20/h2-3,6-7H,4-5H2,1H3,(H2,15,20)(H,16,17)(H,18,19). The predicted octanol–water partition coefficient (Wildman–Crippen LogP) is 1.88. The smallest absolute Gasteiger partial charge is 0.303 e. The molecule has 1 aromatic carbocycles. The van der Waals surface area contributed by atoms with Crippen molar-refractivity contribution in [2.24, 2.45) is 11.7 Å². The highest BCUT2D eigenvalue weighted by molar-refractivity contribution is 6.33. The second kappa shape index (κ2) is 6.91. The van der Waals surface area contributed by atoms with E-state index in [0.29, 0.717) is 5.69 Å². The van der Waals surface area contributed by atoms with Crippen molar-refractivity contribution in [3.63, 3.8) is 0 Å². The van der Waals surface area contributed by atoms with Gasteiger partial charge in [0.05, 0.1) is 10.6 Å². The fourth-order valence-corrected chi connectivity index (χ4v) is 1.90. The molecule has 1 atom stereocenters. The van der Waals surface area contributed by atoms with Crippen LogP contribution in [-0.4, -0.2) is 22.9 Å². The SMILES string of the molecule is CC(CC(=O)O)CC(=O)Nc1ccc(Cl)c(C(N)=O)c1. The summed E-state index contributed by atoms with van der Waals surface area (Å²) in [6, 6.07) is 4.37. The first-order valence-electron chi connectivity index (χ1n) is 5.90. The molecule has 0 saturated carbocycles. The van der Waals surface area contributed by atoms with Crippen LogP contribution in [0.5, 0.6) is 0 Å². The minimum atomic E-state index is -0.951. The van der Waals surface area contributed by atoms with E-state index in [0.717, 1.165) is 0 Å². The van der Waals surface area contributed by atoms with Crippen LogP contribution in [0.3, 0.4) is 0 Å². The molecule has 0 aliphatic rings. The average molecular weight is 299 g/mol. The second-order valence-electron chi connectivity index (χ2n) is 4.51. The third kappa shape index (κ3) is 4.89. The quantitative estimate of drug-likeness (QED) is 0.744. The van der Waals surface area contributed by atoms with Crippen LogP contribution in [0.2, 0.25) is 5.02 Å². The summed E-state index contributed by atoms with van der Waals surface area (Å²) < 4.78 is 0. The fourth-order valence-electron chi connectivity index (χ4n) is 1.69. The lowest BCUT2D eigenvalue weighted by atomic mass is 10.0. The molecule has 6 nitrogen and oxygen atoms in total.